The first-order chi connectivity index (χ1) is 6.19. The summed E-state index contributed by atoms with van der Waals surface area (Å²) in [6.45, 7) is 0.410. The molecular formula is C9H15N3O. The highest BCUT2D eigenvalue weighted by Gasteiger charge is 2.06. The molecule has 1 atom stereocenters. The van der Waals surface area contributed by atoms with E-state index in [4.69, 9.17) is 21.9 Å². The van der Waals surface area contributed by atoms with E-state index in [0.717, 1.165) is 5.56 Å². The minimum atomic E-state index is -0.158. The van der Waals surface area contributed by atoms with Crippen LogP contribution in [0.3, 0.4) is 0 Å². The molecule has 0 aliphatic rings. The van der Waals surface area contributed by atoms with Gasteiger partial charge in [-0.05, 0) is 17.7 Å². The third-order valence-electron chi connectivity index (χ3n) is 1.94. The van der Waals surface area contributed by atoms with E-state index in [2.05, 4.69) is 0 Å². The van der Waals surface area contributed by atoms with Crippen molar-refractivity contribution >= 4 is 5.69 Å². The first-order valence-electron chi connectivity index (χ1n) is 4.08. The van der Waals surface area contributed by atoms with Crippen LogP contribution < -0.4 is 21.9 Å². The van der Waals surface area contributed by atoms with Crippen molar-refractivity contribution in [2.75, 3.05) is 19.4 Å². The van der Waals surface area contributed by atoms with Crippen molar-refractivity contribution in [3.8, 4) is 5.75 Å². The maximum Gasteiger partial charge on any atom is 0.142 e. The largest absolute Gasteiger partial charge is 0.495 e. The predicted molar refractivity (Wildman–Crippen MR) is 53.4 cm³/mol. The van der Waals surface area contributed by atoms with Crippen molar-refractivity contribution < 1.29 is 4.74 Å². The predicted octanol–water partition coefficient (Wildman–Crippen LogP) is 0.236. The van der Waals surface area contributed by atoms with Gasteiger partial charge in [0.15, 0.2) is 0 Å². The molecule has 0 unspecified atom stereocenters. The monoisotopic (exact) mass is 181 g/mol. The summed E-state index contributed by atoms with van der Waals surface area (Å²) in [4.78, 5) is 0. The van der Waals surface area contributed by atoms with Crippen LogP contribution in [0.15, 0.2) is 18.2 Å². The van der Waals surface area contributed by atoms with E-state index in [1.807, 2.05) is 12.1 Å². The fourth-order valence-electron chi connectivity index (χ4n) is 1.09. The second kappa shape index (κ2) is 4.11. The molecule has 0 bridgehead atoms. The molecule has 13 heavy (non-hydrogen) atoms. The first-order valence-corrected chi connectivity index (χ1v) is 4.08. The normalized spacial score (nSPS) is 12.5. The Hall–Kier alpha value is -1.26. The third kappa shape index (κ3) is 2.11. The Labute approximate surface area is 77.7 Å². The Morgan fingerprint density at radius 2 is 2.15 bits per heavy atom. The maximum absolute atomic E-state index is 5.75. The van der Waals surface area contributed by atoms with Gasteiger partial charge in [0.25, 0.3) is 0 Å². The van der Waals surface area contributed by atoms with E-state index in [9.17, 15) is 0 Å². The number of hydrogen-bond donors (Lipinski definition) is 3. The van der Waals surface area contributed by atoms with E-state index in [0.29, 0.717) is 18.0 Å². The number of nitrogen functional groups attached to an aromatic ring is 1. The highest BCUT2D eigenvalue weighted by Crippen LogP contribution is 2.24. The molecule has 0 aliphatic carbocycles. The van der Waals surface area contributed by atoms with Crippen molar-refractivity contribution in [1.82, 2.24) is 0 Å². The van der Waals surface area contributed by atoms with Gasteiger partial charge >= 0.3 is 0 Å². The molecule has 0 amide bonds. The maximum atomic E-state index is 5.75. The van der Waals surface area contributed by atoms with Gasteiger partial charge in [-0.3, -0.25) is 0 Å². The molecule has 4 nitrogen and oxygen atoms in total. The fraction of sp³-hybridized carbons (Fsp3) is 0.333. The van der Waals surface area contributed by atoms with Gasteiger partial charge in [-0.25, -0.2) is 0 Å². The number of rotatable bonds is 3. The fourth-order valence-corrected chi connectivity index (χ4v) is 1.09. The Bertz CT molecular complexity index is 288. The number of hydrogen-bond acceptors (Lipinski definition) is 4. The molecular weight excluding hydrogens is 166 g/mol. The van der Waals surface area contributed by atoms with Crippen LogP contribution in [-0.4, -0.2) is 13.7 Å². The van der Waals surface area contributed by atoms with Gasteiger partial charge < -0.3 is 21.9 Å². The van der Waals surface area contributed by atoms with Crippen LogP contribution in [0, 0.1) is 0 Å². The van der Waals surface area contributed by atoms with Crippen molar-refractivity contribution in [2.24, 2.45) is 11.5 Å². The van der Waals surface area contributed by atoms with E-state index >= 15 is 0 Å². The molecule has 0 radical (unpaired) electrons. The SMILES string of the molecule is COc1cc([C@H](N)CN)ccc1N. The Morgan fingerprint density at radius 3 is 2.69 bits per heavy atom. The van der Waals surface area contributed by atoms with E-state index in [1.54, 1.807) is 13.2 Å². The Morgan fingerprint density at radius 1 is 1.46 bits per heavy atom. The lowest BCUT2D eigenvalue weighted by Crippen LogP contribution is -2.20. The zero-order valence-corrected chi connectivity index (χ0v) is 7.66. The number of nitrogens with two attached hydrogens (primary N) is 3. The molecule has 0 heterocycles. The average molecular weight is 181 g/mol. The summed E-state index contributed by atoms with van der Waals surface area (Å²) in [6, 6.07) is 5.28. The van der Waals surface area contributed by atoms with Gasteiger partial charge in [-0.2, -0.15) is 0 Å². The molecule has 72 valence electrons. The molecule has 0 saturated heterocycles. The summed E-state index contributed by atoms with van der Waals surface area (Å²) in [5.74, 6) is 0.640. The van der Waals surface area contributed by atoms with Gasteiger partial charge in [0.1, 0.15) is 5.75 Å². The van der Waals surface area contributed by atoms with Crippen LogP contribution in [0.4, 0.5) is 5.69 Å². The number of ether oxygens (including phenoxy) is 1. The number of methoxy groups -OCH3 is 1. The lowest BCUT2D eigenvalue weighted by Gasteiger charge is -2.11. The topological polar surface area (TPSA) is 87.3 Å². The lowest BCUT2D eigenvalue weighted by atomic mass is 10.1. The second-order valence-electron chi connectivity index (χ2n) is 2.84. The van der Waals surface area contributed by atoms with Crippen LogP contribution in [0.5, 0.6) is 5.75 Å². The molecule has 4 heteroatoms. The molecule has 1 rings (SSSR count). The highest BCUT2D eigenvalue weighted by atomic mass is 16.5. The van der Waals surface area contributed by atoms with Crippen molar-refractivity contribution in [3.63, 3.8) is 0 Å². The van der Waals surface area contributed by atoms with E-state index < -0.39 is 0 Å². The standard InChI is InChI=1S/C9H15N3O/c1-13-9-4-6(8(12)5-10)2-3-7(9)11/h2-4,8H,5,10-12H2,1H3/t8-/m1/s1. The molecule has 1 aromatic rings. The summed E-state index contributed by atoms with van der Waals surface area (Å²) in [5, 5.41) is 0. The quantitative estimate of drug-likeness (QED) is 0.583. The van der Waals surface area contributed by atoms with Crippen molar-refractivity contribution in [2.45, 2.75) is 6.04 Å². The lowest BCUT2D eigenvalue weighted by molar-refractivity contribution is 0.416. The van der Waals surface area contributed by atoms with E-state index in [1.165, 1.54) is 0 Å². The van der Waals surface area contributed by atoms with Gasteiger partial charge in [0.05, 0.1) is 12.8 Å². The molecule has 0 spiro atoms. The van der Waals surface area contributed by atoms with E-state index in [-0.39, 0.29) is 6.04 Å². The minimum Gasteiger partial charge on any atom is -0.495 e. The smallest absolute Gasteiger partial charge is 0.142 e. The van der Waals surface area contributed by atoms with Crippen LogP contribution in [-0.2, 0) is 0 Å². The van der Waals surface area contributed by atoms with Crippen LogP contribution in [0.2, 0.25) is 0 Å². The molecule has 0 aromatic heterocycles. The zero-order chi connectivity index (χ0) is 9.84. The Kier molecular flexibility index (Phi) is 3.11. The summed E-state index contributed by atoms with van der Waals surface area (Å²) < 4.78 is 5.06. The summed E-state index contributed by atoms with van der Waals surface area (Å²) >= 11 is 0. The molecule has 0 fully saturated rings. The first kappa shape index (κ1) is 9.83. The van der Waals surface area contributed by atoms with Gasteiger partial charge in [0, 0.05) is 12.6 Å². The third-order valence-corrected chi connectivity index (χ3v) is 1.94. The minimum absolute atomic E-state index is 0.158. The average Bonchev–Trinajstić information content (AvgIpc) is 2.17. The van der Waals surface area contributed by atoms with Crippen LogP contribution >= 0.6 is 0 Å². The number of anilines is 1. The molecule has 0 saturated carbocycles. The summed E-state index contributed by atoms with van der Waals surface area (Å²) in [7, 11) is 1.57. The van der Waals surface area contributed by atoms with Gasteiger partial charge in [0.2, 0.25) is 0 Å². The molecule has 6 N–H and O–H groups in total. The van der Waals surface area contributed by atoms with Gasteiger partial charge in [-0.1, -0.05) is 6.07 Å². The molecule has 0 aliphatic heterocycles. The molecule has 1 aromatic carbocycles. The van der Waals surface area contributed by atoms with Crippen LogP contribution in [0.25, 0.3) is 0 Å². The number of benzene rings is 1. The second-order valence-corrected chi connectivity index (χ2v) is 2.84. The summed E-state index contributed by atoms with van der Waals surface area (Å²) in [6.07, 6.45) is 0. The zero-order valence-electron chi connectivity index (χ0n) is 7.66. The summed E-state index contributed by atoms with van der Waals surface area (Å²) in [5.41, 5.74) is 18.4. The van der Waals surface area contributed by atoms with Crippen molar-refractivity contribution in [1.29, 1.82) is 0 Å². The van der Waals surface area contributed by atoms with Crippen LogP contribution in [0.1, 0.15) is 11.6 Å². The Balaban J connectivity index is 2.99. The van der Waals surface area contributed by atoms with Crippen molar-refractivity contribution in [3.05, 3.63) is 23.8 Å². The van der Waals surface area contributed by atoms with Gasteiger partial charge in [-0.15, -0.1) is 0 Å². The highest BCUT2D eigenvalue weighted by molar-refractivity contribution is 5.54.